The van der Waals surface area contributed by atoms with E-state index >= 15 is 0 Å². The van der Waals surface area contributed by atoms with E-state index in [1.54, 1.807) is 4.90 Å². The van der Waals surface area contributed by atoms with Crippen LogP contribution < -0.4 is 5.32 Å². The second-order valence-electron chi connectivity index (χ2n) is 6.06. The number of nitrogens with one attached hydrogen (secondary N) is 1. The maximum Gasteiger partial charge on any atom is 0.275 e. The summed E-state index contributed by atoms with van der Waals surface area (Å²) in [4.78, 5) is 30.1. The molecule has 2 atom stereocenters. The number of fused-ring (bicyclic) bond motifs is 1. The number of morpholine rings is 1. The summed E-state index contributed by atoms with van der Waals surface area (Å²) in [6.45, 7) is 0.896. The normalized spacial score (nSPS) is 26.6. The summed E-state index contributed by atoms with van der Waals surface area (Å²) in [6, 6.07) is 9.78. The molecule has 1 aromatic heterocycles. The number of benzene rings is 1. The molecule has 0 bridgehead atoms. The van der Waals surface area contributed by atoms with Crippen LogP contribution in [-0.4, -0.2) is 47.5 Å². The Morgan fingerprint density at radius 1 is 1.33 bits per heavy atom. The maximum atomic E-state index is 12.5. The highest BCUT2D eigenvalue weighted by Crippen LogP contribution is 2.37. The van der Waals surface area contributed by atoms with Gasteiger partial charge in [0.25, 0.3) is 5.91 Å². The molecule has 3 heterocycles. The number of hydrogen-bond donors (Lipinski definition) is 1. The molecule has 2 aliphatic rings. The molecule has 24 heavy (non-hydrogen) atoms. The number of carbonyl (C=O) groups is 2. The summed E-state index contributed by atoms with van der Waals surface area (Å²) in [5.41, 5.74) is 0.677. The number of oxazole rings is 1. The summed E-state index contributed by atoms with van der Waals surface area (Å²) in [7, 11) is 0. The van der Waals surface area contributed by atoms with Crippen molar-refractivity contribution >= 4 is 11.8 Å². The predicted octanol–water partition coefficient (Wildman–Crippen LogP) is 0.931. The largest absolute Gasteiger partial charge is 0.451 e. The lowest BCUT2D eigenvalue weighted by Crippen LogP contribution is -2.67. The van der Waals surface area contributed by atoms with Gasteiger partial charge in [-0.25, -0.2) is 4.98 Å². The van der Waals surface area contributed by atoms with Gasteiger partial charge in [-0.05, 0) is 12.0 Å². The van der Waals surface area contributed by atoms with Crippen molar-refractivity contribution in [3.8, 4) is 0 Å². The van der Waals surface area contributed by atoms with Gasteiger partial charge in [-0.2, -0.15) is 0 Å². The summed E-state index contributed by atoms with van der Waals surface area (Å²) in [5, 5.41) is 3.11. The molecule has 1 N–H and O–H groups in total. The van der Waals surface area contributed by atoms with E-state index in [9.17, 15) is 9.59 Å². The molecule has 2 aromatic rings. The Balaban J connectivity index is 1.63. The smallest absolute Gasteiger partial charge is 0.275 e. The predicted molar refractivity (Wildman–Crippen MR) is 83.0 cm³/mol. The summed E-state index contributed by atoms with van der Waals surface area (Å²) >= 11 is 0. The Morgan fingerprint density at radius 3 is 2.92 bits per heavy atom. The zero-order valence-corrected chi connectivity index (χ0v) is 13.0. The molecule has 0 radical (unpaired) electrons. The number of piperidine rings is 1. The zero-order valence-electron chi connectivity index (χ0n) is 13.0. The van der Waals surface area contributed by atoms with Crippen molar-refractivity contribution in [3.63, 3.8) is 0 Å². The van der Waals surface area contributed by atoms with Crippen LogP contribution in [0.5, 0.6) is 0 Å². The molecule has 2 fully saturated rings. The molecule has 0 unspecified atom stereocenters. The van der Waals surface area contributed by atoms with Crippen molar-refractivity contribution in [2.45, 2.75) is 18.1 Å². The standard InChI is InChI=1S/C17H17N3O4/c21-15-10-24-14-8-20(16(22)13-9-23-11-18-13)7-6-17(14,19-15)12-4-2-1-3-5-12/h1-5,9,11,14H,6-8,10H2,(H,19,21)/t14-,17+/m1/s1. The van der Waals surface area contributed by atoms with Crippen LogP contribution in [0.15, 0.2) is 47.4 Å². The van der Waals surface area contributed by atoms with Crippen molar-refractivity contribution in [1.82, 2.24) is 15.2 Å². The van der Waals surface area contributed by atoms with E-state index in [4.69, 9.17) is 9.15 Å². The highest BCUT2D eigenvalue weighted by Gasteiger charge is 2.50. The van der Waals surface area contributed by atoms with Crippen LogP contribution in [0.1, 0.15) is 22.5 Å². The van der Waals surface area contributed by atoms with E-state index in [1.165, 1.54) is 12.7 Å². The van der Waals surface area contributed by atoms with Crippen LogP contribution in [0, 0.1) is 0 Å². The quantitative estimate of drug-likeness (QED) is 0.887. The first-order chi connectivity index (χ1) is 11.7. The van der Waals surface area contributed by atoms with Crippen LogP contribution in [0.4, 0.5) is 0 Å². The third kappa shape index (κ3) is 2.37. The Morgan fingerprint density at radius 2 is 2.17 bits per heavy atom. The SMILES string of the molecule is O=C1CO[C@@H]2CN(C(=O)c3cocn3)CC[C@@]2(c2ccccc2)N1. The number of ether oxygens (including phenoxy) is 1. The van der Waals surface area contributed by atoms with Crippen molar-refractivity contribution in [1.29, 1.82) is 0 Å². The average Bonchev–Trinajstić information content (AvgIpc) is 3.16. The fraction of sp³-hybridized carbons (Fsp3) is 0.353. The summed E-state index contributed by atoms with van der Waals surface area (Å²) in [5.74, 6) is -0.322. The highest BCUT2D eigenvalue weighted by atomic mass is 16.5. The van der Waals surface area contributed by atoms with Crippen molar-refractivity contribution in [2.75, 3.05) is 19.7 Å². The van der Waals surface area contributed by atoms with Gasteiger partial charge in [0.1, 0.15) is 19.0 Å². The number of amides is 2. The number of hydrogen-bond acceptors (Lipinski definition) is 5. The molecule has 7 heteroatoms. The van der Waals surface area contributed by atoms with Crippen LogP contribution in [0.2, 0.25) is 0 Å². The molecule has 124 valence electrons. The van der Waals surface area contributed by atoms with E-state index in [2.05, 4.69) is 10.3 Å². The minimum atomic E-state index is -0.600. The Hall–Kier alpha value is -2.67. The molecule has 4 rings (SSSR count). The Kier molecular flexibility index (Phi) is 3.57. The number of nitrogens with zero attached hydrogens (tertiary/aromatic N) is 2. The summed E-state index contributed by atoms with van der Waals surface area (Å²) < 4.78 is 10.7. The van der Waals surface area contributed by atoms with E-state index in [-0.39, 0.29) is 30.2 Å². The van der Waals surface area contributed by atoms with Crippen LogP contribution in [0.3, 0.4) is 0 Å². The van der Waals surface area contributed by atoms with Gasteiger partial charge in [-0.1, -0.05) is 30.3 Å². The molecule has 0 saturated carbocycles. The molecule has 2 aliphatic heterocycles. The van der Waals surface area contributed by atoms with E-state index in [0.717, 1.165) is 5.56 Å². The van der Waals surface area contributed by atoms with Crippen LogP contribution >= 0.6 is 0 Å². The van der Waals surface area contributed by atoms with Crippen LogP contribution in [0.25, 0.3) is 0 Å². The van der Waals surface area contributed by atoms with Crippen molar-refractivity contribution in [3.05, 3.63) is 54.2 Å². The Labute approximate surface area is 138 Å². The van der Waals surface area contributed by atoms with Gasteiger partial charge >= 0.3 is 0 Å². The molecule has 0 aliphatic carbocycles. The fourth-order valence-corrected chi connectivity index (χ4v) is 3.52. The lowest BCUT2D eigenvalue weighted by atomic mass is 9.77. The van der Waals surface area contributed by atoms with E-state index in [1.807, 2.05) is 30.3 Å². The van der Waals surface area contributed by atoms with E-state index in [0.29, 0.717) is 19.5 Å². The van der Waals surface area contributed by atoms with Gasteiger partial charge in [-0.3, -0.25) is 9.59 Å². The second-order valence-corrected chi connectivity index (χ2v) is 6.06. The van der Waals surface area contributed by atoms with Gasteiger partial charge in [-0.15, -0.1) is 0 Å². The van der Waals surface area contributed by atoms with E-state index < -0.39 is 5.54 Å². The number of aromatic nitrogens is 1. The molecule has 0 spiro atoms. The molecule has 1 aromatic carbocycles. The van der Waals surface area contributed by atoms with Gasteiger partial charge in [0.2, 0.25) is 5.91 Å². The molecule has 2 saturated heterocycles. The monoisotopic (exact) mass is 327 g/mol. The molecular weight excluding hydrogens is 310 g/mol. The average molecular weight is 327 g/mol. The second kappa shape index (κ2) is 5.76. The molecular formula is C17H17N3O4. The van der Waals surface area contributed by atoms with Gasteiger partial charge in [0, 0.05) is 13.1 Å². The summed E-state index contributed by atoms with van der Waals surface area (Å²) in [6.07, 6.45) is 2.85. The lowest BCUT2D eigenvalue weighted by molar-refractivity contribution is -0.150. The first-order valence-corrected chi connectivity index (χ1v) is 7.85. The van der Waals surface area contributed by atoms with Crippen LogP contribution in [-0.2, 0) is 15.1 Å². The first kappa shape index (κ1) is 14.9. The highest BCUT2D eigenvalue weighted by molar-refractivity contribution is 5.92. The number of rotatable bonds is 2. The van der Waals surface area contributed by atoms with Gasteiger partial charge in [0.05, 0.1) is 5.54 Å². The molecule has 7 nitrogen and oxygen atoms in total. The maximum absolute atomic E-state index is 12.5. The first-order valence-electron chi connectivity index (χ1n) is 7.85. The minimum absolute atomic E-state index is 0.00520. The fourth-order valence-electron chi connectivity index (χ4n) is 3.52. The zero-order chi connectivity index (χ0) is 16.6. The number of carbonyl (C=O) groups excluding carboxylic acids is 2. The third-order valence-electron chi connectivity index (χ3n) is 4.72. The topological polar surface area (TPSA) is 84.7 Å². The van der Waals surface area contributed by atoms with Gasteiger partial charge < -0.3 is 19.4 Å². The van der Waals surface area contributed by atoms with Crippen molar-refractivity contribution < 1.29 is 18.7 Å². The third-order valence-corrected chi connectivity index (χ3v) is 4.72. The molecule has 2 amide bonds. The minimum Gasteiger partial charge on any atom is -0.451 e. The van der Waals surface area contributed by atoms with Crippen molar-refractivity contribution in [2.24, 2.45) is 0 Å². The van der Waals surface area contributed by atoms with Gasteiger partial charge in [0.15, 0.2) is 12.1 Å². The lowest BCUT2D eigenvalue weighted by Gasteiger charge is -2.50. The number of likely N-dealkylation sites (tertiary alicyclic amines) is 1. The Bertz CT molecular complexity index is 746.